The molecule has 0 amide bonds. The Hall–Kier alpha value is -1.16. The predicted octanol–water partition coefficient (Wildman–Crippen LogP) is -0.682. The fraction of sp³-hybridized carbons (Fsp3) is 0.583. The summed E-state index contributed by atoms with van der Waals surface area (Å²) in [5.74, 6) is 0. The smallest absolute Gasteiger partial charge is 0.387 e. The van der Waals surface area contributed by atoms with E-state index < -0.39 is 54.6 Å². The Morgan fingerprint density at radius 2 is 1.81 bits per heavy atom. The SMILES string of the molecule is CCc1ncnc2c1ncn2C1OC(COP(=O)(O)OP(=O)(O)OP(=O)(O)O)C(N)C1O. The third kappa shape index (κ3) is 5.85. The maximum absolute atomic E-state index is 11.9. The Balaban J connectivity index is 1.70. The summed E-state index contributed by atoms with van der Waals surface area (Å²) in [7, 11) is -16.5. The Kier molecular flexibility index (Phi) is 7.35. The Bertz CT molecular complexity index is 1120. The minimum atomic E-state index is -5.66. The van der Waals surface area contributed by atoms with E-state index in [1.165, 1.54) is 17.2 Å². The highest BCUT2D eigenvalue weighted by Crippen LogP contribution is 2.66. The molecular weight excluding hydrogens is 499 g/mol. The van der Waals surface area contributed by atoms with Crippen molar-refractivity contribution in [1.29, 1.82) is 0 Å². The summed E-state index contributed by atoms with van der Waals surface area (Å²) in [4.78, 5) is 48.2. The molecule has 3 rings (SSSR count). The maximum atomic E-state index is 11.9. The Morgan fingerprint density at radius 3 is 2.44 bits per heavy atom. The monoisotopic (exact) mass is 519 g/mol. The number of hydrogen-bond donors (Lipinski definition) is 6. The topological polar surface area (TPSA) is 259 Å². The predicted molar refractivity (Wildman–Crippen MR) is 102 cm³/mol. The van der Waals surface area contributed by atoms with Crippen LogP contribution in [0.4, 0.5) is 0 Å². The highest BCUT2D eigenvalue weighted by Gasteiger charge is 2.46. The lowest BCUT2D eigenvalue weighted by Crippen LogP contribution is -2.41. The molecule has 3 heterocycles. The van der Waals surface area contributed by atoms with Crippen molar-refractivity contribution in [1.82, 2.24) is 19.5 Å². The molecule has 0 spiro atoms. The fourth-order valence-electron chi connectivity index (χ4n) is 2.96. The number of hydrogen-bond acceptors (Lipinski definition) is 12. The molecule has 32 heavy (non-hydrogen) atoms. The number of ether oxygens (including phenoxy) is 1. The molecule has 1 aliphatic heterocycles. The summed E-state index contributed by atoms with van der Waals surface area (Å²) in [5, 5.41) is 10.5. The van der Waals surface area contributed by atoms with Gasteiger partial charge >= 0.3 is 23.5 Å². The number of phosphoric ester groups is 1. The van der Waals surface area contributed by atoms with Crippen molar-refractivity contribution in [3.63, 3.8) is 0 Å². The van der Waals surface area contributed by atoms with Gasteiger partial charge in [-0.2, -0.15) is 8.62 Å². The molecule has 0 aromatic carbocycles. The normalized spacial score (nSPS) is 28.0. The average molecular weight is 519 g/mol. The lowest BCUT2D eigenvalue weighted by Gasteiger charge is -2.19. The van der Waals surface area contributed by atoms with Crippen molar-refractivity contribution in [2.24, 2.45) is 5.73 Å². The van der Waals surface area contributed by atoms with Crippen molar-refractivity contribution in [2.45, 2.75) is 37.8 Å². The molecule has 20 heteroatoms. The van der Waals surface area contributed by atoms with Crippen LogP contribution in [0.5, 0.6) is 0 Å². The number of aromatic nitrogens is 4. The van der Waals surface area contributed by atoms with Crippen LogP contribution >= 0.6 is 23.5 Å². The zero-order valence-electron chi connectivity index (χ0n) is 16.2. The van der Waals surface area contributed by atoms with Gasteiger partial charge in [-0.15, -0.1) is 0 Å². The Morgan fingerprint density at radius 1 is 1.12 bits per heavy atom. The summed E-state index contributed by atoms with van der Waals surface area (Å²) in [6.45, 7) is 1.07. The number of nitrogens with two attached hydrogens (primary N) is 1. The first-order valence-corrected chi connectivity index (χ1v) is 13.3. The van der Waals surface area contributed by atoms with E-state index in [-0.39, 0.29) is 0 Å². The summed E-state index contributed by atoms with van der Waals surface area (Å²) in [5.41, 5.74) is 7.39. The van der Waals surface area contributed by atoms with Crippen LogP contribution < -0.4 is 5.73 Å². The number of phosphoric acid groups is 3. The first-order chi connectivity index (χ1) is 14.7. The van der Waals surface area contributed by atoms with E-state index in [1.807, 2.05) is 6.92 Å². The lowest BCUT2D eigenvalue weighted by molar-refractivity contribution is -0.0482. The van der Waals surface area contributed by atoms with Gasteiger partial charge < -0.3 is 35.2 Å². The number of imidazole rings is 1. The van der Waals surface area contributed by atoms with Gasteiger partial charge in [-0.05, 0) is 6.42 Å². The summed E-state index contributed by atoms with van der Waals surface area (Å²) < 4.78 is 52.7. The number of nitrogens with zero attached hydrogens (tertiary/aromatic N) is 4. The Labute approximate surface area is 179 Å². The van der Waals surface area contributed by atoms with E-state index in [1.54, 1.807) is 0 Å². The van der Waals surface area contributed by atoms with Gasteiger partial charge in [0.25, 0.3) is 0 Å². The zero-order valence-corrected chi connectivity index (χ0v) is 18.9. The molecule has 6 atom stereocenters. The van der Waals surface area contributed by atoms with Crippen LogP contribution in [0.2, 0.25) is 0 Å². The second-order valence-corrected chi connectivity index (χ2v) is 10.9. The number of rotatable bonds is 9. The van der Waals surface area contributed by atoms with Crippen LogP contribution in [0, 0.1) is 0 Å². The van der Waals surface area contributed by atoms with E-state index in [2.05, 4.69) is 28.1 Å². The molecule has 6 unspecified atom stereocenters. The quantitative estimate of drug-likeness (QED) is 0.224. The molecule has 1 fully saturated rings. The highest BCUT2D eigenvalue weighted by molar-refractivity contribution is 7.66. The molecule has 0 bridgehead atoms. The van der Waals surface area contributed by atoms with Crippen molar-refractivity contribution < 1.29 is 56.3 Å². The van der Waals surface area contributed by atoms with Crippen molar-refractivity contribution in [3.8, 4) is 0 Å². The van der Waals surface area contributed by atoms with Gasteiger partial charge in [0.1, 0.15) is 24.1 Å². The van der Waals surface area contributed by atoms with Crippen molar-refractivity contribution in [3.05, 3.63) is 18.3 Å². The summed E-state index contributed by atoms with van der Waals surface area (Å²) in [6, 6.07) is -1.14. The number of aliphatic hydroxyl groups is 1. The molecule has 2 aromatic rings. The van der Waals surface area contributed by atoms with Gasteiger partial charge in [0.2, 0.25) is 0 Å². The van der Waals surface area contributed by atoms with Gasteiger partial charge in [0.05, 0.1) is 24.7 Å². The van der Waals surface area contributed by atoms with Crippen LogP contribution in [0.25, 0.3) is 11.2 Å². The molecule has 0 aliphatic carbocycles. The molecule has 7 N–H and O–H groups in total. The average Bonchev–Trinajstić information content (AvgIpc) is 3.19. The van der Waals surface area contributed by atoms with Crippen LogP contribution in [0.15, 0.2) is 12.7 Å². The summed E-state index contributed by atoms with van der Waals surface area (Å²) >= 11 is 0. The summed E-state index contributed by atoms with van der Waals surface area (Å²) in [6.07, 6.45) is -0.403. The van der Waals surface area contributed by atoms with E-state index in [0.717, 1.165) is 0 Å². The number of aliphatic hydroxyl groups excluding tert-OH is 1. The molecule has 0 radical (unpaired) electrons. The van der Waals surface area contributed by atoms with Crippen LogP contribution in [0.3, 0.4) is 0 Å². The molecule has 17 nitrogen and oxygen atoms in total. The number of fused-ring (bicyclic) bond motifs is 1. The first-order valence-electron chi connectivity index (χ1n) is 8.77. The van der Waals surface area contributed by atoms with Crippen LogP contribution in [0.1, 0.15) is 18.8 Å². The fourth-order valence-corrected chi connectivity index (χ4v) is 5.99. The third-order valence-electron chi connectivity index (χ3n) is 4.29. The van der Waals surface area contributed by atoms with Gasteiger partial charge in [-0.25, -0.2) is 28.6 Å². The largest absolute Gasteiger partial charge is 0.490 e. The first kappa shape index (κ1) is 25.5. The second kappa shape index (κ2) is 9.24. The third-order valence-corrected chi connectivity index (χ3v) is 8.09. The van der Waals surface area contributed by atoms with Gasteiger partial charge in [0.15, 0.2) is 11.9 Å². The highest BCUT2D eigenvalue weighted by atomic mass is 31.3. The zero-order chi connectivity index (χ0) is 23.9. The van der Waals surface area contributed by atoms with Crippen LogP contribution in [-0.2, 0) is 38.0 Å². The van der Waals surface area contributed by atoms with E-state index >= 15 is 0 Å². The molecule has 0 saturated carbocycles. The maximum Gasteiger partial charge on any atom is 0.490 e. The minimum Gasteiger partial charge on any atom is -0.387 e. The molecular formula is C12H20N5O12P3. The van der Waals surface area contributed by atoms with Gasteiger partial charge in [-0.1, -0.05) is 6.92 Å². The van der Waals surface area contributed by atoms with Crippen molar-refractivity contribution in [2.75, 3.05) is 6.61 Å². The van der Waals surface area contributed by atoms with Gasteiger partial charge in [0, 0.05) is 0 Å². The molecule has 1 saturated heterocycles. The molecule has 1 aliphatic rings. The van der Waals surface area contributed by atoms with Crippen molar-refractivity contribution >= 4 is 34.6 Å². The van der Waals surface area contributed by atoms with Gasteiger partial charge in [-0.3, -0.25) is 9.09 Å². The molecule has 2 aromatic heterocycles. The van der Waals surface area contributed by atoms with E-state index in [9.17, 15) is 28.6 Å². The lowest BCUT2D eigenvalue weighted by atomic mass is 10.1. The van der Waals surface area contributed by atoms with E-state index in [4.69, 9.17) is 20.3 Å². The minimum absolute atomic E-state index is 0.349. The standard InChI is InChI=1S/C12H20N5O12P3/c1-2-6-9-11(15-4-14-6)17(5-16-9)12-10(18)8(13)7(27-12)3-26-31(22,23)29-32(24,25)28-30(19,20)21/h4-5,7-8,10,12,18H,2-3,13H2,1H3,(H,22,23)(H,24,25)(H2,19,20,21). The second-order valence-electron chi connectivity index (χ2n) is 6.52. The number of aryl methyl sites for hydroxylation is 1. The van der Waals surface area contributed by atoms with E-state index in [0.29, 0.717) is 23.3 Å². The molecule has 180 valence electrons. The van der Waals surface area contributed by atoms with Crippen LogP contribution in [-0.4, -0.2) is 69.1 Å².